The van der Waals surface area contributed by atoms with Crippen molar-refractivity contribution in [3.63, 3.8) is 0 Å². The van der Waals surface area contributed by atoms with Crippen LogP contribution in [0.3, 0.4) is 0 Å². The van der Waals surface area contributed by atoms with Crippen LogP contribution in [0.1, 0.15) is 37.2 Å². The molecule has 1 heterocycles. The van der Waals surface area contributed by atoms with Crippen molar-refractivity contribution >= 4 is 46.3 Å². The molecule has 148 valence electrons. The normalized spacial score (nSPS) is 19.4. The fraction of sp³-hybridized carbons (Fsp3) is 0.238. The number of halogens is 2. The number of nitro benzene ring substituents is 1. The van der Waals surface area contributed by atoms with Crippen molar-refractivity contribution in [3.8, 4) is 0 Å². The molecule has 1 aliphatic heterocycles. The fourth-order valence-corrected chi connectivity index (χ4v) is 4.35. The smallest absolute Gasteiger partial charge is 0.269 e. The summed E-state index contributed by atoms with van der Waals surface area (Å²) < 4.78 is 0. The van der Waals surface area contributed by atoms with Gasteiger partial charge in [0, 0.05) is 42.2 Å². The van der Waals surface area contributed by atoms with Crippen molar-refractivity contribution < 1.29 is 14.5 Å². The minimum absolute atomic E-state index is 0.0275. The first-order chi connectivity index (χ1) is 13.9. The van der Waals surface area contributed by atoms with Crippen molar-refractivity contribution in [1.82, 2.24) is 0 Å². The predicted molar refractivity (Wildman–Crippen MR) is 110 cm³/mol. The van der Waals surface area contributed by atoms with Gasteiger partial charge >= 0.3 is 0 Å². The zero-order chi connectivity index (χ0) is 20.7. The first kappa shape index (κ1) is 19.6. The van der Waals surface area contributed by atoms with E-state index in [9.17, 15) is 19.7 Å². The Morgan fingerprint density at radius 3 is 2.55 bits per heavy atom. The lowest BCUT2D eigenvalue weighted by Gasteiger charge is -2.38. The second-order valence-electron chi connectivity index (χ2n) is 7.07. The van der Waals surface area contributed by atoms with E-state index in [0.29, 0.717) is 51.8 Å². The van der Waals surface area contributed by atoms with E-state index in [0.717, 1.165) is 0 Å². The molecule has 0 radical (unpaired) electrons. The topological polar surface area (TPSA) is 80.5 Å². The fourth-order valence-electron chi connectivity index (χ4n) is 4.06. The maximum absolute atomic E-state index is 13.1. The van der Waals surface area contributed by atoms with Crippen LogP contribution in [0, 0.1) is 10.1 Å². The lowest BCUT2D eigenvalue weighted by atomic mass is 9.77. The second kappa shape index (κ2) is 7.61. The van der Waals surface area contributed by atoms with Crippen LogP contribution in [-0.2, 0) is 9.59 Å². The Morgan fingerprint density at radius 2 is 1.83 bits per heavy atom. The van der Waals surface area contributed by atoms with E-state index in [1.807, 2.05) is 0 Å². The number of benzene rings is 2. The first-order valence-corrected chi connectivity index (χ1v) is 9.91. The number of Topliss-reactive ketones (excluding diaryl/α,β-unsaturated/α-hetero) is 1. The van der Waals surface area contributed by atoms with Crippen LogP contribution in [0.2, 0.25) is 10.0 Å². The molecule has 4 rings (SSSR count). The molecular weight excluding hydrogens is 415 g/mol. The van der Waals surface area contributed by atoms with E-state index in [4.69, 9.17) is 23.2 Å². The van der Waals surface area contributed by atoms with Gasteiger partial charge in [0.25, 0.3) is 5.69 Å². The molecule has 1 amide bonds. The van der Waals surface area contributed by atoms with Gasteiger partial charge in [-0.25, -0.2) is 0 Å². The van der Waals surface area contributed by atoms with Crippen molar-refractivity contribution in [2.75, 3.05) is 4.90 Å². The number of carbonyl (C=O) groups excluding carboxylic acids is 2. The summed E-state index contributed by atoms with van der Waals surface area (Å²) in [6.45, 7) is 0. The summed E-state index contributed by atoms with van der Waals surface area (Å²) in [5, 5.41) is 11.9. The Balaban J connectivity index is 1.86. The molecule has 1 unspecified atom stereocenters. The molecular formula is C21H16Cl2N2O4. The molecule has 2 aromatic rings. The van der Waals surface area contributed by atoms with Crippen molar-refractivity contribution in [2.45, 2.75) is 31.6 Å². The van der Waals surface area contributed by atoms with E-state index in [1.54, 1.807) is 35.2 Å². The molecule has 1 aliphatic carbocycles. The average Bonchev–Trinajstić information content (AvgIpc) is 2.70. The molecule has 0 N–H and O–H groups in total. The summed E-state index contributed by atoms with van der Waals surface area (Å²) in [5.74, 6) is -0.710. The highest BCUT2D eigenvalue weighted by molar-refractivity contribution is 6.42. The summed E-state index contributed by atoms with van der Waals surface area (Å²) in [6.07, 6.45) is 1.66. The molecule has 0 saturated heterocycles. The number of allylic oxidation sites excluding steroid dienone is 2. The third-order valence-electron chi connectivity index (χ3n) is 5.32. The molecule has 2 aliphatic rings. The molecule has 6 nitrogen and oxygen atoms in total. The van der Waals surface area contributed by atoms with Crippen LogP contribution in [0.25, 0.3) is 0 Å². The van der Waals surface area contributed by atoms with Crippen LogP contribution in [0.5, 0.6) is 0 Å². The van der Waals surface area contributed by atoms with Gasteiger partial charge in [0.2, 0.25) is 5.91 Å². The van der Waals surface area contributed by atoms with Crippen molar-refractivity contribution in [2.24, 2.45) is 0 Å². The Hall–Kier alpha value is -2.70. The second-order valence-corrected chi connectivity index (χ2v) is 7.89. The van der Waals surface area contributed by atoms with E-state index < -0.39 is 10.8 Å². The number of anilines is 1. The number of carbonyl (C=O) groups is 2. The van der Waals surface area contributed by atoms with Crippen LogP contribution < -0.4 is 4.90 Å². The molecule has 0 saturated carbocycles. The molecule has 1 atom stereocenters. The number of nitrogens with zero attached hydrogens (tertiary/aromatic N) is 2. The molecule has 29 heavy (non-hydrogen) atoms. The summed E-state index contributed by atoms with van der Waals surface area (Å²) in [7, 11) is 0. The van der Waals surface area contributed by atoms with E-state index in [1.165, 1.54) is 12.1 Å². The van der Waals surface area contributed by atoms with Gasteiger partial charge in [-0.05, 0) is 36.6 Å². The molecule has 0 bridgehead atoms. The largest absolute Gasteiger partial charge is 0.294 e. The molecule has 0 spiro atoms. The lowest BCUT2D eigenvalue weighted by Crippen LogP contribution is -2.40. The third-order valence-corrected chi connectivity index (χ3v) is 6.06. The van der Waals surface area contributed by atoms with Crippen molar-refractivity contribution in [1.29, 1.82) is 0 Å². The quantitative estimate of drug-likeness (QED) is 0.480. The number of hydrogen-bond donors (Lipinski definition) is 0. The molecule has 8 heteroatoms. The van der Waals surface area contributed by atoms with Gasteiger partial charge in [0.1, 0.15) is 0 Å². The number of rotatable bonds is 3. The highest BCUT2D eigenvalue weighted by Crippen LogP contribution is 2.44. The van der Waals surface area contributed by atoms with Gasteiger partial charge < -0.3 is 0 Å². The maximum Gasteiger partial charge on any atom is 0.269 e. The summed E-state index contributed by atoms with van der Waals surface area (Å²) in [6, 6.07) is 11.1. The third kappa shape index (κ3) is 3.54. The Bertz CT molecular complexity index is 1080. The van der Waals surface area contributed by atoms with Gasteiger partial charge in [-0.15, -0.1) is 0 Å². The summed E-state index contributed by atoms with van der Waals surface area (Å²) in [5.41, 5.74) is 2.30. The summed E-state index contributed by atoms with van der Waals surface area (Å²) in [4.78, 5) is 38.2. The Morgan fingerprint density at radius 1 is 1.03 bits per heavy atom. The van der Waals surface area contributed by atoms with Gasteiger partial charge in [0.05, 0.1) is 20.7 Å². The highest BCUT2D eigenvalue weighted by atomic mass is 35.5. The van der Waals surface area contributed by atoms with Crippen molar-refractivity contribution in [3.05, 3.63) is 79.5 Å². The lowest BCUT2D eigenvalue weighted by molar-refractivity contribution is -0.384. The standard InChI is InChI=1S/C21H16Cl2N2O4/c22-16-8-7-13(10-17(16)23)24-18-5-2-6-19(26)21(18)15(11-20(24)27)12-3-1-4-14(9-12)25(28)29/h1,3-4,7-10,15H,2,5-6,11H2. The maximum atomic E-state index is 13.1. The van der Waals surface area contributed by atoms with Crippen LogP contribution in [-0.4, -0.2) is 16.6 Å². The molecule has 0 aromatic heterocycles. The Kier molecular flexibility index (Phi) is 5.15. The van der Waals surface area contributed by atoms with Gasteiger partial charge in [-0.1, -0.05) is 35.3 Å². The van der Waals surface area contributed by atoms with E-state index in [-0.39, 0.29) is 23.8 Å². The minimum Gasteiger partial charge on any atom is -0.294 e. The molecule has 2 aromatic carbocycles. The van der Waals surface area contributed by atoms with Crippen LogP contribution in [0.4, 0.5) is 11.4 Å². The summed E-state index contributed by atoms with van der Waals surface area (Å²) >= 11 is 12.1. The predicted octanol–water partition coefficient (Wildman–Crippen LogP) is 5.43. The number of non-ortho nitro benzene ring substituents is 1. The van der Waals surface area contributed by atoms with Gasteiger partial charge in [-0.2, -0.15) is 0 Å². The average molecular weight is 431 g/mol. The Labute approximate surface area is 176 Å². The number of nitro groups is 1. The highest BCUT2D eigenvalue weighted by Gasteiger charge is 2.40. The minimum atomic E-state index is -0.496. The van der Waals surface area contributed by atoms with Crippen LogP contribution >= 0.6 is 23.2 Å². The van der Waals surface area contributed by atoms with Crippen LogP contribution in [0.15, 0.2) is 53.7 Å². The van der Waals surface area contributed by atoms with E-state index in [2.05, 4.69) is 0 Å². The van der Waals surface area contributed by atoms with Gasteiger partial charge in [-0.3, -0.25) is 24.6 Å². The zero-order valence-corrected chi connectivity index (χ0v) is 16.7. The monoisotopic (exact) mass is 430 g/mol. The van der Waals surface area contributed by atoms with Gasteiger partial charge in [0.15, 0.2) is 5.78 Å². The molecule has 0 fully saturated rings. The zero-order valence-electron chi connectivity index (χ0n) is 15.2. The SMILES string of the molecule is O=C1CCCC2=C1C(c1cccc([N+](=O)[O-])c1)CC(=O)N2c1ccc(Cl)c(Cl)c1. The number of amides is 1. The van der Waals surface area contributed by atoms with E-state index >= 15 is 0 Å². The first-order valence-electron chi connectivity index (χ1n) is 9.15. The number of hydrogen-bond acceptors (Lipinski definition) is 4. The number of ketones is 1.